The van der Waals surface area contributed by atoms with Crippen molar-refractivity contribution in [1.82, 2.24) is 0 Å². The summed E-state index contributed by atoms with van der Waals surface area (Å²) in [5.74, 6) is 0.574. The normalized spacial score (nSPS) is 52.6. The maximum atomic E-state index is 10.4. The van der Waals surface area contributed by atoms with E-state index in [2.05, 4.69) is 0 Å². The molecular formula is C21H37O9+. The molecule has 0 bridgehead atoms. The predicted molar refractivity (Wildman–Crippen MR) is 104 cm³/mol. The largest absolute Gasteiger partial charge is 0.429 e. The molecule has 0 radical (unpaired) electrons. The van der Waals surface area contributed by atoms with E-state index in [-0.39, 0.29) is 24.2 Å². The quantitative estimate of drug-likeness (QED) is 0.295. The van der Waals surface area contributed by atoms with E-state index in [4.69, 9.17) is 14.2 Å². The Bertz CT molecular complexity index is 553. The highest BCUT2D eigenvalue weighted by molar-refractivity contribution is 4.95. The first-order valence-corrected chi connectivity index (χ1v) is 11.4. The van der Waals surface area contributed by atoms with Gasteiger partial charge >= 0.3 is 0 Å². The Morgan fingerprint density at radius 2 is 1.50 bits per heavy atom. The van der Waals surface area contributed by atoms with Crippen LogP contribution in [-0.4, -0.2) is 103 Å². The van der Waals surface area contributed by atoms with Crippen LogP contribution in [0.3, 0.4) is 0 Å². The zero-order valence-electron chi connectivity index (χ0n) is 17.2. The Hall–Kier alpha value is -0.360. The van der Waals surface area contributed by atoms with E-state index in [1.807, 2.05) is 0 Å². The summed E-state index contributed by atoms with van der Waals surface area (Å²) in [5.41, 5.74) is 0. The molecule has 0 amide bonds. The predicted octanol–water partition coefficient (Wildman–Crippen LogP) is -1.45. The molecule has 0 spiro atoms. The van der Waals surface area contributed by atoms with Crippen LogP contribution in [-0.2, 0) is 9.47 Å². The summed E-state index contributed by atoms with van der Waals surface area (Å²) in [6.45, 7) is -0.503. The molecule has 4 aliphatic rings. The molecule has 30 heavy (non-hydrogen) atoms. The van der Waals surface area contributed by atoms with Crippen LogP contribution in [0.2, 0.25) is 0 Å². The van der Waals surface area contributed by atoms with Crippen molar-refractivity contribution < 1.29 is 44.8 Å². The van der Waals surface area contributed by atoms with Crippen LogP contribution in [0.1, 0.15) is 51.4 Å². The van der Waals surface area contributed by atoms with Crippen LogP contribution in [0.4, 0.5) is 0 Å². The molecule has 2 heterocycles. The summed E-state index contributed by atoms with van der Waals surface area (Å²) < 4.78 is 16.6. The minimum absolute atomic E-state index is 0.0331. The van der Waals surface area contributed by atoms with Crippen molar-refractivity contribution in [2.45, 2.75) is 113 Å². The molecule has 0 aromatic heterocycles. The van der Waals surface area contributed by atoms with Crippen LogP contribution in [0.15, 0.2) is 0 Å². The minimum Gasteiger partial charge on any atom is -0.429 e. The second kappa shape index (κ2) is 9.64. The third kappa shape index (κ3) is 4.69. The standard InChI is InChI=1S/C21H36O9/c22-9-17-18(25)19(26)20(27)21(30-17)29-16-8-12(24)7-15-13(16)5-6-14(28-15)10-1-3-11(23)4-2-10/h10-27H,1-9H2/p+1. The smallest absolute Gasteiger partial charge is 0.186 e. The summed E-state index contributed by atoms with van der Waals surface area (Å²) in [6, 6.07) is 0. The van der Waals surface area contributed by atoms with Crippen LogP contribution in [0.25, 0.3) is 0 Å². The fraction of sp³-hybridized carbons (Fsp3) is 1.00. The van der Waals surface area contributed by atoms with E-state index in [1.54, 1.807) is 0 Å². The van der Waals surface area contributed by atoms with E-state index in [0.717, 1.165) is 38.5 Å². The molecule has 10 atom stereocenters. The third-order valence-electron chi connectivity index (χ3n) is 7.61. The number of rotatable bonds is 4. The number of aliphatic hydroxyl groups is 8. The first kappa shape index (κ1) is 22.8. The van der Waals surface area contributed by atoms with Crippen molar-refractivity contribution >= 4 is 0 Å². The van der Waals surface area contributed by atoms with E-state index < -0.39 is 49.5 Å². The molecule has 9 heteroatoms. The molecule has 7 N–H and O–H groups in total. The Balaban J connectivity index is 1.39. The SMILES string of the molecule is OCC1OC(OC2CC(O)CC3[OH+]C(C4CCC(O)CC4)CCC23)C(O)C(O)C1O. The van der Waals surface area contributed by atoms with Crippen LogP contribution in [0, 0.1) is 11.8 Å². The van der Waals surface area contributed by atoms with Crippen molar-refractivity contribution in [3.8, 4) is 0 Å². The van der Waals surface area contributed by atoms with Gasteiger partial charge < -0.3 is 44.8 Å². The number of hydrogen-bond acceptors (Lipinski definition) is 8. The summed E-state index contributed by atoms with van der Waals surface area (Å²) in [5, 5.41) is 59.9. The lowest BCUT2D eigenvalue weighted by molar-refractivity contribution is -0.334. The second-order valence-electron chi connectivity index (χ2n) is 9.59. The summed E-state index contributed by atoms with van der Waals surface area (Å²) in [4.78, 5) is 0. The Morgan fingerprint density at radius 1 is 0.767 bits per heavy atom. The van der Waals surface area contributed by atoms with E-state index >= 15 is 0 Å². The van der Waals surface area contributed by atoms with Gasteiger partial charge in [-0.25, -0.2) is 0 Å². The first-order valence-electron chi connectivity index (χ1n) is 11.4. The molecular weight excluding hydrogens is 396 g/mol. The van der Waals surface area contributed by atoms with Crippen LogP contribution < -0.4 is 0 Å². The second-order valence-corrected chi connectivity index (χ2v) is 9.59. The topological polar surface area (TPSA) is 153 Å². The maximum absolute atomic E-state index is 10.4. The molecule has 2 aliphatic heterocycles. The van der Waals surface area contributed by atoms with Crippen molar-refractivity contribution in [2.75, 3.05) is 6.61 Å². The van der Waals surface area contributed by atoms with Crippen LogP contribution >= 0.6 is 0 Å². The third-order valence-corrected chi connectivity index (χ3v) is 7.61. The average molecular weight is 434 g/mol. The highest BCUT2D eigenvalue weighted by atomic mass is 16.7. The average Bonchev–Trinajstić information content (AvgIpc) is 2.74. The molecule has 9 nitrogen and oxygen atoms in total. The van der Waals surface area contributed by atoms with Gasteiger partial charge in [0.05, 0.1) is 30.8 Å². The van der Waals surface area contributed by atoms with Crippen molar-refractivity contribution in [2.24, 2.45) is 11.8 Å². The lowest BCUT2D eigenvalue weighted by Gasteiger charge is -2.47. The molecule has 0 aromatic carbocycles. The van der Waals surface area contributed by atoms with E-state index in [0.29, 0.717) is 18.8 Å². The van der Waals surface area contributed by atoms with E-state index in [1.165, 1.54) is 0 Å². The van der Waals surface area contributed by atoms with E-state index in [9.17, 15) is 30.6 Å². The fourth-order valence-corrected chi connectivity index (χ4v) is 5.83. The summed E-state index contributed by atoms with van der Waals surface area (Å²) >= 11 is 0. The maximum Gasteiger partial charge on any atom is 0.186 e. The van der Waals surface area contributed by atoms with Crippen LogP contribution in [0.5, 0.6) is 0 Å². The molecule has 10 unspecified atom stereocenters. The van der Waals surface area contributed by atoms with Gasteiger partial charge in [-0.15, -0.1) is 0 Å². The summed E-state index contributed by atoms with van der Waals surface area (Å²) in [6.07, 6.45) is -1.04. The number of ether oxygens (including phenoxy) is 3. The van der Waals surface area contributed by atoms with Crippen molar-refractivity contribution in [3.63, 3.8) is 0 Å². The lowest BCUT2D eigenvalue weighted by Crippen LogP contribution is -2.61. The van der Waals surface area contributed by atoms with Crippen molar-refractivity contribution in [3.05, 3.63) is 0 Å². The Kier molecular flexibility index (Phi) is 7.33. The van der Waals surface area contributed by atoms with Gasteiger partial charge in [-0.1, -0.05) is 0 Å². The molecule has 2 saturated heterocycles. The molecule has 2 saturated carbocycles. The fourth-order valence-electron chi connectivity index (χ4n) is 5.83. The highest BCUT2D eigenvalue weighted by Gasteiger charge is 2.51. The number of aliphatic hydroxyl groups excluding tert-OH is 6. The number of hydrogen-bond donors (Lipinski definition) is 6. The molecule has 4 fully saturated rings. The summed E-state index contributed by atoms with van der Waals surface area (Å²) in [7, 11) is 0. The molecule has 0 aromatic rings. The number of fused-ring (bicyclic) bond motifs is 1. The monoisotopic (exact) mass is 433 g/mol. The Morgan fingerprint density at radius 3 is 2.20 bits per heavy atom. The molecule has 174 valence electrons. The Labute approximate surface area is 176 Å². The zero-order chi connectivity index (χ0) is 21.4. The van der Waals surface area contributed by atoms with Gasteiger partial charge in [-0.05, 0) is 32.1 Å². The highest BCUT2D eigenvalue weighted by Crippen LogP contribution is 2.41. The first-order chi connectivity index (χ1) is 14.4. The van der Waals surface area contributed by atoms with Gasteiger partial charge in [-0.2, -0.15) is 0 Å². The van der Waals surface area contributed by atoms with Gasteiger partial charge in [0.1, 0.15) is 24.4 Å². The lowest BCUT2D eigenvalue weighted by atomic mass is 9.74. The van der Waals surface area contributed by atoms with Crippen molar-refractivity contribution in [1.29, 1.82) is 0 Å². The minimum atomic E-state index is -1.48. The van der Waals surface area contributed by atoms with Gasteiger partial charge in [-0.3, -0.25) is 0 Å². The zero-order valence-corrected chi connectivity index (χ0v) is 17.2. The van der Waals surface area contributed by atoms with Gasteiger partial charge in [0.25, 0.3) is 0 Å². The van der Waals surface area contributed by atoms with Gasteiger partial charge in [0.15, 0.2) is 18.5 Å². The molecule has 4 rings (SSSR count). The van der Waals surface area contributed by atoms with Gasteiger partial charge in [0.2, 0.25) is 0 Å². The van der Waals surface area contributed by atoms with Gasteiger partial charge in [0, 0.05) is 25.2 Å². The molecule has 2 aliphatic carbocycles.